The second-order valence-corrected chi connectivity index (χ2v) is 18.0. The lowest BCUT2D eigenvalue weighted by atomic mass is 9.99. The number of nitrogens with two attached hydrogens (primary N) is 1. The molecule has 2 aromatic heterocycles. The average Bonchev–Trinajstić information content (AvgIpc) is 4.14. The maximum absolute atomic E-state index is 13.2. The number of ether oxygens (including phenoxy) is 6. The zero-order chi connectivity index (χ0) is 51.1. The highest BCUT2D eigenvalue weighted by Gasteiger charge is 2.45. The van der Waals surface area contributed by atoms with Crippen LogP contribution in [-0.4, -0.2) is 44.0 Å². The monoisotopic (exact) mass is 1030 g/mol. The molecule has 0 aliphatic carbocycles. The summed E-state index contributed by atoms with van der Waals surface area (Å²) in [5.41, 5.74) is 16.7. The van der Waals surface area contributed by atoms with Gasteiger partial charge in [0.25, 0.3) is 5.91 Å². The highest BCUT2D eigenvalue weighted by molar-refractivity contribution is 7.08. The molecule has 8 aromatic rings. The van der Waals surface area contributed by atoms with Crippen LogP contribution in [0.1, 0.15) is 42.6 Å². The van der Waals surface area contributed by atoms with Gasteiger partial charge in [-0.15, -0.1) is 36.5 Å². The van der Waals surface area contributed by atoms with Crippen LogP contribution in [-0.2, 0) is 6.54 Å². The fraction of sp³-hybridized carbons (Fsp3) is 0.180. The first kappa shape index (κ1) is 48.9. The van der Waals surface area contributed by atoms with Gasteiger partial charge in [0.05, 0.1) is 22.8 Å². The molecule has 3 aliphatic rings. The predicted molar refractivity (Wildman–Crippen MR) is 257 cm³/mol. The molecular formula is C50H39F6N7O7S2. The van der Waals surface area contributed by atoms with E-state index in [9.17, 15) is 31.1 Å². The third-order valence-electron chi connectivity index (χ3n) is 11.2. The quantitative estimate of drug-likeness (QED) is 0.0970. The van der Waals surface area contributed by atoms with E-state index in [4.69, 9.17) is 5.73 Å². The van der Waals surface area contributed by atoms with E-state index in [1.54, 1.807) is 74.5 Å². The van der Waals surface area contributed by atoms with Crippen molar-refractivity contribution in [3.63, 3.8) is 0 Å². The summed E-state index contributed by atoms with van der Waals surface area (Å²) in [6, 6.07) is 31.2. The van der Waals surface area contributed by atoms with Gasteiger partial charge >= 0.3 is 18.9 Å². The number of carbonyl (C=O) groups excluding carboxylic acids is 1. The van der Waals surface area contributed by atoms with Gasteiger partial charge in [0.15, 0.2) is 34.5 Å². The van der Waals surface area contributed by atoms with Crippen molar-refractivity contribution in [1.82, 2.24) is 19.2 Å². The van der Waals surface area contributed by atoms with Gasteiger partial charge in [-0.1, -0.05) is 45.4 Å². The first-order chi connectivity index (χ1) is 34.2. The number of amides is 1. The molecule has 1 amide bonds. The van der Waals surface area contributed by atoms with Gasteiger partial charge < -0.3 is 44.8 Å². The molecule has 5 heterocycles. The van der Waals surface area contributed by atoms with E-state index in [0.29, 0.717) is 28.5 Å². The molecule has 4 N–H and O–H groups in total. The standard InChI is InChI=1S/C18H13F2N3O3S.C18H15F2N3O2S.C14H11F2NO2/c1-9-7-14-15(26-18(19,20)25-14)8-13(9)11-3-5-12(6-4-11)21-17(24)16-10(2)22-23-27-16;1-10-7-15-16(25-18(19,20)24-15)8-14(10)12-3-5-13(6-4-12)21-9-17-11(2)22-23-26-17;1-8-6-12-13(19-14(15,16)18-12)7-11(8)9-2-4-10(17)5-3-9/h3-8H,1-2H3,(H,21,24);3-8,21H,9H2,1-2H3;2-7H,17H2,1H3. The van der Waals surface area contributed by atoms with Crippen LogP contribution in [0.3, 0.4) is 0 Å². The first-order valence-electron chi connectivity index (χ1n) is 21.6. The molecule has 0 saturated carbocycles. The minimum Gasteiger partial charge on any atom is -0.399 e. The van der Waals surface area contributed by atoms with Gasteiger partial charge in [0.1, 0.15) is 4.88 Å². The summed E-state index contributed by atoms with van der Waals surface area (Å²) >= 11 is 2.40. The van der Waals surface area contributed by atoms with Crippen LogP contribution in [0, 0.1) is 34.6 Å². The lowest BCUT2D eigenvalue weighted by Crippen LogP contribution is -2.25. The normalized spacial score (nSPS) is 14.7. The van der Waals surface area contributed by atoms with Gasteiger partial charge in [-0.3, -0.25) is 4.79 Å². The Morgan fingerprint density at radius 3 is 1.25 bits per heavy atom. The van der Waals surface area contributed by atoms with E-state index >= 15 is 0 Å². The van der Waals surface area contributed by atoms with Gasteiger partial charge in [-0.2, -0.15) is 0 Å². The number of hydrogen-bond donors (Lipinski definition) is 3. The van der Waals surface area contributed by atoms with Crippen LogP contribution in [0.25, 0.3) is 33.4 Å². The Balaban J connectivity index is 0.000000135. The molecule has 0 fully saturated rings. The van der Waals surface area contributed by atoms with E-state index in [1.807, 2.05) is 57.2 Å². The molecule has 0 unspecified atom stereocenters. The third kappa shape index (κ3) is 10.9. The van der Waals surface area contributed by atoms with Gasteiger partial charge in [-0.25, -0.2) is 0 Å². The molecule has 14 nitrogen and oxygen atoms in total. The smallest absolute Gasteiger partial charge is 0.399 e. The van der Waals surface area contributed by atoms with Crippen molar-refractivity contribution in [3.8, 4) is 67.9 Å². The number of alkyl halides is 6. The van der Waals surface area contributed by atoms with Crippen molar-refractivity contribution in [2.24, 2.45) is 0 Å². The summed E-state index contributed by atoms with van der Waals surface area (Å²) in [6.45, 7) is 9.77. The number of aromatic nitrogens is 4. The number of aryl methyl sites for hydroxylation is 5. The summed E-state index contributed by atoms with van der Waals surface area (Å²) in [4.78, 5) is 13.7. The first-order valence-corrected chi connectivity index (χ1v) is 23.1. The fourth-order valence-corrected chi connectivity index (χ4v) is 8.74. The van der Waals surface area contributed by atoms with Gasteiger partial charge in [0.2, 0.25) is 0 Å². The number of hydrogen-bond acceptors (Lipinski definition) is 15. The average molecular weight is 1030 g/mol. The van der Waals surface area contributed by atoms with Crippen LogP contribution in [0.5, 0.6) is 34.5 Å². The zero-order valence-corrected chi connectivity index (χ0v) is 40.0. The van der Waals surface area contributed by atoms with E-state index in [2.05, 4.69) is 58.2 Å². The predicted octanol–water partition coefficient (Wildman–Crippen LogP) is 12.7. The van der Waals surface area contributed by atoms with Gasteiger partial charge in [0, 0.05) is 17.1 Å². The number of benzene rings is 6. The molecule has 11 rings (SSSR count). The lowest BCUT2D eigenvalue weighted by molar-refractivity contribution is -0.287. The number of rotatable bonds is 8. The number of fused-ring (bicyclic) bond motifs is 3. The third-order valence-corrected chi connectivity index (χ3v) is 12.8. The molecule has 3 aliphatic heterocycles. The molecule has 0 bridgehead atoms. The Bertz CT molecular complexity index is 3320. The van der Waals surface area contributed by atoms with Crippen LogP contribution in [0.4, 0.5) is 43.4 Å². The Labute approximate surface area is 414 Å². The molecule has 370 valence electrons. The topological polar surface area (TPSA) is 174 Å². The summed E-state index contributed by atoms with van der Waals surface area (Å²) in [6.07, 6.45) is -10.8. The zero-order valence-electron chi connectivity index (χ0n) is 38.4. The van der Waals surface area contributed by atoms with Crippen LogP contribution in [0.2, 0.25) is 0 Å². The molecule has 72 heavy (non-hydrogen) atoms. The van der Waals surface area contributed by atoms with Gasteiger partial charge in [-0.05, 0) is 181 Å². The van der Waals surface area contributed by atoms with Crippen molar-refractivity contribution in [3.05, 3.63) is 147 Å². The molecule has 6 aromatic carbocycles. The van der Waals surface area contributed by atoms with Crippen LogP contribution < -0.4 is 44.8 Å². The van der Waals surface area contributed by atoms with E-state index < -0.39 is 18.9 Å². The molecule has 0 radical (unpaired) electrons. The molecule has 0 saturated heterocycles. The number of halogens is 6. The Hall–Kier alpha value is -8.11. The minimum atomic E-state index is -3.65. The Morgan fingerprint density at radius 2 is 0.875 bits per heavy atom. The molecular weight excluding hydrogens is 989 g/mol. The number of carbonyl (C=O) groups is 1. The summed E-state index contributed by atoms with van der Waals surface area (Å²) in [7, 11) is 0. The van der Waals surface area contributed by atoms with E-state index in [1.165, 1.54) is 23.7 Å². The van der Waals surface area contributed by atoms with Crippen molar-refractivity contribution in [2.75, 3.05) is 16.4 Å². The highest BCUT2D eigenvalue weighted by atomic mass is 32.1. The Morgan fingerprint density at radius 1 is 0.514 bits per heavy atom. The SMILES string of the molecule is Cc1cc2c(cc1-c1ccc(N)cc1)OC(F)(F)O2.Cc1cc2c(cc1-c1ccc(NC(=O)c3snnc3C)cc1)OC(F)(F)O2.Cc1cc2c(cc1-c1ccc(NCc3snnc3C)cc1)OC(F)(F)O2. The van der Waals surface area contributed by atoms with Crippen molar-refractivity contribution >= 4 is 46.0 Å². The van der Waals surface area contributed by atoms with Crippen molar-refractivity contribution in [1.29, 1.82) is 0 Å². The van der Waals surface area contributed by atoms with Crippen molar-refractivity contribution < 1.29 is 59.6 Å². The second kappa shape index (κ2) is 19.2. The number of anilines is 3. The van der Waals surface area contributed by atoms with E-state index in [0.717, 1.165) is 77.9 Å². The summed E-state index contributed by atoms with van der Waals surface area (Å²) < 4.78 is 113. The number of nitrogen functional groups attached to an aromatic ring is 1. The maximum atomic E-state index is 13.2. The van der Waals surface area contributed by atoms with Crippen LogP contribution in [0.15, 0.2) is 109 Å². The van der Waals surface area contributed by atoms with E-state index in [-0.39, 0.29) is 40.4 Å². The fourth-order valence-electron chi connectivity index (χ4n) is 7.61. The number of nitrogens with zero attached hydrogens (tertiary/aromatic N) is 4. The second-order valence-electron chi connectivity index (χ2n) is 16.4. The highest BCUT2D eigenvalue weighted by Crippen LogP contribution is 2.47. The summed E-state index contributed by atoms with van der Waals surface area (Å²) in [5.74, 6) is -0.0697. The maximum Gasteiger partial charge on any atom is 0.586 e. The van der Waals surface area contributed by atoms with Crippen LogP contribution >= 0.6 is 23.1 Å². The lowest BCUT2D eigenvalue weighted by Gasteiger charge is -2.10. The minimum absolute atomic E-state index is 0.00819. The molecule has 0 atom stereocenters. The largest absolute Gasteiger partial charge is 0.586 e. The number of nitrogens with one attached hydrogen (secondary N) is 2. The summed E-state index contributed by atoms with van der Waals surface area (Å²) in [5, 5.41) is 13.9. The van der Waals surface area contributed by atoms with Crippen molar-refractivity contribution in [2.45, 2.75) is 60.0 Å². The molecule has 0 spiro atoms. The Kier molecular flexibility index (Phi) is 13.1. The molecule has 22 heteroatoms.